The summed E-state index contributed by atoms with van der Waals surface area (Å²) in [6, 6.07) is 7.96. The van der Waals surface area contributed by atoms with Gasteiger partial charge in [-0.2, -0.15) is 0 Å². The van der Waals surface area contributed by atoms with Crippen molar-refractivity contribution in [1.82, 2.24) is 5.32 Å². The van der Waals surface area contributed by atoms with Gasteiger partial charge in [0.1, 0.15) is 0 Å². The summed E-state index contributed by atoms with van der Waals surface area (Å²) in [6.07, 6.45) is 0.790. The van der Waals surface area contributed by atoms with Crippen LogP contribution in [0.25, 0.3) is 0 Å². The molecule has 1 heterocycles. The number of sulfonamides is 1. The van der Waals surface area contributed by atoms with Crippen molar-refractivity contribution in [2.45, 2.75) is 31.2 Å². The molecule has 1 unspecified atom stereocenters. The van der Waals surface area contributed by atoms with Crippen LogP contribution < -0.4 is 10.5 Å². The fraction of sp³-hybridized carbons (Fsp3) is 0.312. The second-order valence-electron chi connectivity index (χ2n) is 5.86. The SMILES string of the molecule is CC(C)CC(NC(=O)c1cc(S(N)(=O)=O)ccc1Br)c1cccs1. The lowest BCUT2D eigenvalue weighted by atomic mass is 10.0. The molecular formula is C16H19BrN2O3S2. The van der Waals surface area contributed by atoms with Crippen LogP contribution in [0.2, 0.25) is 0 Å². The summed E-state index contributed by atoms with van der Waals surface area (Å²) >= 11 is 4.87. The normalized spacial score (nSPS) is 13.0. The number of nitrogens with two attached hydrogens (primary N) is 1. The summed E-state index contributed by atoms with van der Waals surface area (Å²) < 4.78 is 23.5. The summed E-state index contributed by atoms with van der Waals surface area (Å²) in [5.41, 5.74) is 0.242. The Morgan fingerprint density at radius 1 is 1.33 bits per heavy atom. The lowest BCUT2D eigenvalue weighted by molar-refractivity contribution is 0.0931. The number of benzene rings is 1. The van der Waals surface area contributed by atoms with Crippen LogP contribution >= 0.6 is 27.3 Å². The molecule has 0 saturated heterocycles. The van der Waals surface area contributed by atoms with Crippen LogP contribution in [-0.4, -0.2) is 14.3 Å². The minimum atomic E-state index is -3.87. The van der Waals surface area contributed by atoms with Gasteiger partial charge in [-0.1, -0.05) is 19.9 Å². The predicted molar refractivity (Wildman–Crippen MR) is 99.5 cm³/mol. The highest BCUT2D eigenvalue weighted by Gasteiger charge is 2.21. The number of amides is 1. The van der Waals surface area contributed by atoms with Crippen LogP contribution in [0.15, 0.2) is 45.1 Å². The van der Waals surface area contributed by atoms with E-state index in [0.29, 0.717) is 10.4 Å². The number of thiophene rings is 1. The Labute approximate surface area is 154 Å². The van der Waals surface area contributed by atoms with Crippen molar-refractivity contribution in [1.29, 1.82) is 0 Å². The molecule has 0 fully saturated rings. The zero-order chi connectivity index (χ0) is 17.9. The number of carbonyl (C=O) groups excluding carboxylic acids is 1. The number of primary sulfonamides is 1. The Kier molecular flexibility index (Phi) is 6.19. The molecule has 8 heteroatoms. The summed E-state index contributed by atoms with van der Waals surface area (Å²) in [5.74, 6) is 0.0584. The van der Waals surface area contributed by atoms with Crippen molar-refractivity contribution < 1.29 is 13.2 Å². The van der Waals surface area contributed by atoms with E-state index < -0.39 is 10.0 Å². The van der Waals surface area contributed by atoms with Gasteiger partial charge in [0.25, 0.3) is 5.91 Å². The molecule has 2 rings (SSSR count). The molecule has 0 bridgehead atoms. The zero-order valence-electron chi connectivity index (χ0n) is 13.3. The van der Waals surface area contributed by atoms with Crippen molar-refractivity contribution >= 4 is 43.2 Å². The quantitative estimate of drug-likeness (QED) is 0.731. The Hall–Kier alpha value is -1.22. The average Bonchev–Trinajstić information content (AvgIpc) is 2.99. The molecule has 3 N–H and O–H groups in total. The molecule has 2 aromatic rings. The van der Waals surface area contributed by atoms with E-state index in [0.717, 1.165) is 11.3 Å². The number of rotatable bonds is 6. The van der Waals surface area contributed by atoms with Crippen molar-refractivity contribution in [3.8, 4) is 0 Å². The fourth-order valence-electron chi connectivity index (χ4n) is 2.30. The molecule has 24 heavy (non-hydrogen) atoms. The first-order chi connectivity index (χ1) is 11.2. The molecule has 1 aromatic heterocycles. The van der Waals surface area contributed by atoms with Crippen LogP contribution in [0, 0.1) is 5.92 Å². The van der Waals surface area contributed by atoms with Crippen molar-refractivity contribution in [2.24, 2.45) is 11.1 Å². The van der Waals surface area contributed by atoms with E-state index in [1.54, 1.807) is 11.3 Å². The molecule has 130 valence electrons. The second-order valence-corrected chi connectivity index (χ2v) is 9.25. The number of halogens is 1. The summed E-state index contributed by atoms with van der Waals surface area (Å²) in [7, 11) is -3.87. The number of nitrogens with one attached hydrogen (secondary N) is 1. The molecule has 0 saturated carbocycles. The molecule has 0 spiro atoms. The van der Waals surface area contributed by atoms with Gasteiger partial charge in [-0.3, -0.25) is 4.79 Å². The average molecular weight is 431 g/mol. The van der Waals surface area contributed by atoms with Gasteiger partial charge >= 0.3 is 0 Å². The lowest BCUT2D eigenvalue weighted by Crippen LogP contribution is -2.29. The first-order valence-corrected chi connectivity index (χ1v) is 10.6. The number of hydrogen-bond acceptors (Lipinski definition) is 4. The highest BCUT2D eigenvalue weighted by atomic mass is 79.9. The molecule has 1 amide bonds. The third-order valence-corrected chi connectivity index (χ3v) is 6.00. The van der Waals surface area contributed by atoms with Gasteiger partial charge in [-0.15, -0.1) is 11.3 Å². The minimum Gasteiger partial charge on any atom is -0.344 e. The molecule has 1 aromatic carbocycles. The van der Waals surface area contributed by atoms with Gasteiger partial charge < -0.3 is 5.32 Å². The van der Waals surface area contributed by atoms with E-state index in [-0.39, 0.29) is 22.4 Å². The number of carbonyl (C=O) groups is 1. The van der Waals surface area contributed by atoms with Crippen LogP contribution in [0.3, 0.4) is 0 Å². The van der Waals surface area contributed by atoms with E-state index in [9.17, 15) is 13.2 Å². The molecule has 0 aliphatic heterocycles. The summed E-state index contributed by atoms with van der Waals surface area (Å²) in [5, 5.41) is 10.1. The third kappa shape index (κ3) is 4.89. The topological polar surface area (TPSA) is 89.3 Å². The van der Waals surface area contributed by atoms with Gasteiger partial charge in [-0.25, -0.2) is 13.6 Å². The van der Waals surface area contributed by atoms with Gasteiger partial charge in [0, 0.05) is 9.35 Å². The zero-order valence-corrected chi connectivity index (χ0v) is 16.5. The van der Waals surface area contributed by atoms with Crippen LogP contribution in [0.1, 0.15) is 41.5 Å². The monoisotopic (exact) mass is 430 g/mol. The highest BCUT2D eigenvalue weighted by Crippen LogP contribution is 2.27. The maximum atomic E-state index is 12.7. The van der Waals surface area contributed by atoms with E-state index >= 15 is 0 Å². The first-order valence-electron chi connectivity index (χ1n) is 7.35. The molecule has 0 radical (unpaired) electrons. The van der Waals surface area contributed by atoms with Crippen molar-refractivity contribution in [3.63, 3.8) is 0 Å². The maximum Gasteiger partial charge on any atom is 0.252 e. The Bertz CT molecular complexity index is 818. The smallest absolute Gasteiger partial charge is 0.252 e. The molecule has 0 aliphatic rings. The standard InChI is InChI=1S/C16H19BrN2O3S2/c1-10(2)8-14(15-4-3-7-23-15)19-16(20)12-9-11(24(18,21)22)5-6-13(12)17/h3-7,9-10,14H,8H2,1-2H3,(H,19,20)(H2,18,21,22). The Morgan fingerprint density at radius 3 is 2.58 bits per heavy atom. The number of hydrogen-bond donors (Lipinski definition) is 2. The van der Waals surface area contributed by atoms with Crippen LogP contribution in [0.5, 0.6) is 0 Å². The Balaban J connectivity index is 2.30. The largest absolute Gasteiger partial charge is 0.344 e. The molecule has 0 aliphatic carbocycles. The van der Waals surface area contributed by atoms with E-state index in [2.05, 4.69) is 35.1 Å². The Morgan fingerprint density at radius 2 is 2.04 bits per heavy atom. The second kappa shape index (κ2) is 7.77. The van der Waals surface area contributed by atoms with Gasteiger partial charge in [0.05, 0.1) is 16.5 Å². The third-order valence-electron chi connectivity index (χ3n) is 3.41. The van der Waals surface area contributed by atoms with Crippen LogP contribution in [-0.2, 0) is 10.0 Å². The van der Waals surface area contributed by atoms with Crippen molar-refractivity contribution in [2.75, 3.05) is 0 Å². The minimum absolute atomic E-state index is 0.0904. The molecular weight excluding hydrogens is 412 g/mol. The lowest BCUT2D eigenvalue weighted by Gasteiger charge is -2.20. The summed E-state index contributed by atoms with van der Waals surface area (Å²) in [4.78, 5) is 13.6. The van der Waals surface area contributed by atoms with E-state index in [1.807, 2.05) is 17.5 Å². The fourth-order valence-corrected chi connectivity index (χ4v) is 4.06. The maximum absolute atomic E-state index is 12.7. The molecule has 1 atom stereocenters. The predicted octanol–water partition coefficient (Wildman–Crippen LogP) is 3.68. The van der Waals surface area contributed by atoms with Gasteiger partial charge in [0.2, 0.25) is 10.0 Å². The van der Waals surface area contributed by atoms with Gasteiger partial charge in [0.15, 0.2) is 0 Å². The summed E-state index contributed by atoms with van der Waals surface area (Å²) in [6.45, 7) is 4.18. The van der Waals surface area contributed by atoms with E-state index in [4.69, 9.17) is 5.14 Å². The van der Waals surface area contributed by atoms with Crippen molar-refractivity contribution in [3.05, 3.63) is 50.6 Å². The van der Waals surface area contributed by atoms with E-state index in [1.165, 1.54) is 18.2 Å². The first kappa shape index (κ1) is 19.1. The highest BCUT2D eigenvalue weighted by molar-refractivity contribution is 9.10. The molecule has 5 nitrogen and oxygen atoms in total. The van der Waals surface area contributed by atoms with Gasteiger partial charge in [-0.05, 0) is 57.9 Å². The van der Waals surface area contributed by atoms with Crippen LogP contribution in [0.4, 0.5) is 0 Å².